The summed E-state index contributed by atoms with van der Waals surface area (Å²) in [4.78, 5) is 33.6. The molecular formula is C33H60N3O7PS2. The minimum Gasteiger partial charge on any atom is -0.356 e. The van der Waals surface area contributed by atoms with Crippen LogP contribution in [0.4, 0.5) is 0 Å². The minimum atomic E-state index is -3.68. The Balaban J connectivity index is 1.79. The van der Waals surface area contributed by atoms with Gasteiger partial charge < -0.3 is 24.6 Å². The normalized spacial score (nSPS) is 12.9. The second-order valence-electron chi connectivity index (χ2n) is 12.0. The molecule has 13 heteroatoms. The van der Waals surface area contributed by atoms with Crippen LogP contribution in [0.5, 0.6) is 0 Å². The summed E-state index contributed by atoms with van der Waals surface area (Å²) in [6.07, 6.45) is 22.2. The van der Waals surface area contributed by atoms with Crippen LogP contribution in [0.1, 0.15) is 134 Å². The van der Waals surface area contributed by atoms with Crippen molar-refractivity contribution in [3.8, 4) is 0 Å². The number of sulfonamides is 1. The van der Waals surface area contributed by atoms with Gasteiger partial charge in [-0.05, 0) is 61.6 Å². The number of hydrogen-bond acceptors (Lipinski definition) is 7. The number of rotatable bonds is 30. The molecule has 2 amide bonds. The molecule has 0 bridgehead atoms. The van der Waals surface area contributed by atoms with E-state index in [1.54, 1.807) is 12.1 Å². The van der Waals surface area contributed by atoms with Crippen molar-refractivity contribution >= 4 is 40.4 Å². The van der Waals surface area contributed by atoms with Crippen LogP contribution in [0, 0.1) is 0 Å². The fraction of sp³-hybridized carbons (Fsp3) is 0.758. The lowest BCUT2D eigenvalue weighted by molar-refractivity contribution is -0.122. The first kappa shape index (κ1) is 42.6. The molecule has 0 heterocycles. The van der Waals surface area contributed by atoms with Crippen LogP contribution in [-0.4, -0.2) is 51.9 Å². The van der Waals surface area contributed by atoms with Crippen molar-refractivity contribution in [3.05, 3.63) is 29.8 Å². The highest BCUT2D eigenvalue weighted by molar-refractivity contribution is 8.07. The Morgan fingerprint density at radius 3 is 1.59 bits per heavy atom. The van der Waals surface area contributed by atoms with Crippen LogP contribution in [-0.2, 0) is 46.9 Å². The number of carbonyl (C=O) groups is 2. The zero-order chi connectivity index (χ0) is 33.9. The van der Waals surface area contributed by atoms with Gasteiger partial charge in [0.1, 0.15) is 0 Å². The largest absolute Gasteiger partial charge is 0.356 e. The molecule has 1 atom stereocenters. The van der Waals surface area contributed by atoms with Gasteiger partial charge in [-0.2, -0.15) is 0 Å². The monoisotopic (exact) mass is 705 g/mol. The summed E-state index contributed by atoms with van der Waals surface area (Å²) in [5.41, 5.74) is 0.958. The molecular weight excluding hydrogens is 645 g/mol. The number of nitrogens with one attached hydrogen (secondary N) is 2. The van der Waals surface area contributed by atoms with Crippen LogP contribution in [0.3, 0.4) is 0 Å². The Kier molecular flexibility index (Phi) is 24.6. The van der Waals surface area contributed by atoms with Crippen molar-refractivity contribution < 1.29 is 31.9 Å². The van der Waals surface area contributed by atoms with E-state index >= 15 is 0 Å². The van der Waals surface area contributed by atoms with E-state index in [1.165, 1.54) is 83.5 Å². The van der Waals surface area contributed by atoms with E-state index in [9.17, 15) is 22.9 Å². The highest BCUT2D eigenvalue weighted by Gasteiger charge is 2.11. The minimum absolute atomic E-state index is 0.0716. The molecule has 0 aliphatic carbocycles. The number of primary sulfonamides is 1. The maximum absolute atomic E-state index is 12.0. The van der Waals surface area contributed by atoms with Crippen LogP contribution in [0.15, 0.2) is 29.2 Å². The molecule has 1 rings (SSSR count). The van der Waals surface area contributed by atoms with Gasteiger partial charge in [0.05, 0.1) is 11.5 Å². The van der Waals surface area contributed by atoms with Gasteiger partial charge in [0.2, 0.25) is 21.8 Å². The van der Waals surface area contributed by atoms with Crippen LogP contribution >= 0.6 is 6.72 Å². The predicted octanol–water partition coefficient (Wildman–Crippen LogP) is 6.79. The van der Waals surface area contributed by atoms with Gasteiger partial charge in [-0.25, -0.2) is 13.6 Å². The van der Waals surface area contributed by atoms with Gasteiger partial charge in [-0.3, -0.25) is 9.59 Å². The molecule has 1 aromatic rings. The van der Waals surface area contributed by atoms with E-state index in [0.29, 0.717) is 39.0 Å². The standard InChI is InChI=1S/C33H60N3O7PS2/c1-42-44(39,45)43-29-19-15-14-18-27-35-32(37)20-16-12-10-8-6-4-2-3-5-7-9-11-13-17-21-33(38)36-28-26-30-22-24-31(25-23-30)46(34,40)41/h22-25H,2-21,26-29H2,1H3,(H,35,37)(H,36,38)(H,39,45)(H2,34,40,41). The Morgan fingerprint density at radius 1 is 0.717 bits per heavy atom. The summed E-state index contributed by atoms with van der Waals surface area (Å²) in [6, 6.07) is 6.43. The molecule has 1 unspecified atom stereocenters. The first-order valence-electron chi connectivity index (χ1n) is 17.2. The number of hydrogen-bond donors (Lipinski definition) is 4. The lowest BCUT2D eigenvalue weighted by atomic mass is 10.0. The maximum Gasteiger partial charge on any atom is 0.324 e. The third-order valence-electron chi connectivity index (χ3n) is 7.92. The van der Waals surface area contributed by atoms with Crippen molar-refractivity contribution in [1.29, 1.82) is 0 Å². The molecule has 1 aromatic carbocycles. The van der Waals surface area contributed by atoms with E-state index in [0.717, 1.165) is 56.9 Å². The van der Waals surface area contributed by atoms with Gasteiger partial charge >= 0.3 is 6.72 Å². The number of unbranched alkanes of at least 4 members (excludes halogenated alkanes) is 16. The van der Waals surface area contributed by atoms with E-state index in [4.69, 9.17) is 26.0 Å². The molecule has 266 valence electrons. The van der Waals surface area contributed by atoms with Gasteiger partial charge in [0.15, 0.2) is 0 Å². The summed E-state index contributed by atoms with van der Waals surface area (Å²) in [5.74, 6) is 0.222. The summed E-state index contributed by atoms with van der Waals surface area (Å²) < 4.78 is 32.5. The Labute approximate surface area is 283 Å². The maximum atomic E-state index is 12.0. The number of benzene rings is 1. The predicted molar refractivity (Wildman–Crippen MR) is 189 cm³/mol. The number of carbonyl (C=O) groups excluding carboxylic acids is 2. The number of nitrogens with two attached hydrogens (primary N) is 1. The molecule has 0 saturated carbocycles. The van der Waals surface area contributed by atoms with Crippen molar-refractivity contribution in [2.24, 2.45) is 5.14 Å². The van der Waals surface area contributed by atoms with Crippen LogP contribution in [0.2, 0.25) is 0 Å². The highest BCUT2D eigenvalue weighted by atomic mass is 32.5. The Morgan fingerprint density at radius 2 is 1.13 bits per heavy atom. The summed E-state index contributed by atoms with van der Waals surface area (Å²) >= 11 is 4.78. The van der Waals surface area contributed by atoms with E-state index < -0.39 is 16.7 Å². The van der Waals surface area contributed by atoms with Crippen molar-refractivity contribution in [3.63, 3.8) is 0 Å². The van der Waals surface area contributed by atoms with E-state index in [-0.39, 0.29) is 16.7 Å². The quantitative estimate of drug-likeness (QED) is 0.0504. The fourth-order valence-corrected chi connectivity index (χ4v) is 6.31. The molecule has 0 fully saturated rings. The van der Waals surface area contributed by atoms with E-state index in [1.807, 2.05) is 0 Å². The summed E-state index contributed by atoms with van der Waals surface area (Å²) in [5, 5.41) is 11.1. The van der Waals surface area contributed by atoms with Crippen LogP contribution < -0.4 is 15.8 Å². The summed E-state index contributed by atoms with van der Waals surface area (Å²) in [7, 11) is -2.33. The second kappa shape index (κ2) is 26.5. The molecule has 0 aliphatic heterocycles. The lowest BCUT2D eigenvalue weighted by Gasteiger charge is -2.12. The lowest BCUT2D eigenvalue weighted by Crippen LogP contribution is -2.25. The topological polar surface area (TPSA) is 157 Å². The molecule has 0 radical (unpaired) electrons. The SMILES string of the molecule is COP(O)(=S)OCCCCCCNC(=O)CCCCCCCCCCCCCCCCC(=O)NCCc1ccc(S(N)(=O)=O)cc1. The average Bonchev–Trinajstić information content (AvgIpc) is 3.02. The van der Waals surface area contributed by atoms with Crippen molar-refractivity contribution in [2.75, 3.05) is 26.8 Å². The van der Waals surface area contributed by atoms with Gasteiger partial charge in [0, 0.05) is 33.0 Å². The smallest absolute Gasteiger partial charge is 0.324 e. The van der Waals surface area contributed by atoms with Gasteiger partial charge in [-0.1, -0.05) is 102 Å². The van der Waals surface area contributed by atoms with Crippen LogP contribution in [0.25, 0.3) is 0 Å². The van der Waals surface area contributed by atoms with Gasteiger partial charge in [0.25, 0.3) is 0 Å². The second-order valence-corrected chi connectivity index (χ2v) is 16.5. The fourth-order valence-electron chi connectivity index (χ4n) is 5.10. The third kappa shape index (κ3) is 24.7. The van der Waals surface area contributed by atoms with Crippen molar-refractivity contribution in [2.45, 2.75) is 140 Å². The zero-order valence-corrected chi connectivity index (χ0v) is 30.5. The molecule has 0 saturated heterocycles. The molecule has 46 heavy (non-hydrogen) atoms. The highest BCUT2D eigenvalue weighted by Crippen LogP contribution is 2.42. The Bertz CT molecular complexity index is 1100. The first-order valence-corrected chi connectivity index (χ1v) is 21.4. The molecule has 5 N–H and O–H groups in total. The van der Waals surface area contributed by atoms with Crippen molar-refractivity contribution in [1.82, 2.24) is 10.6 Å². The zero-order valence-electron chi connectivity index (χ0n) is 28.0. The average molecular weight is 706 g/mol. The third-order valence-corrected chi connectivity index (χ3v) is 10.6. The molecule has 10 nitrogen and oxygen atoms in total. The first-order chi connectivity index (χ1) is 22.0. The molecule has 0 aromatic heterocycles. The van der Waals surface area contributed by atoms with Gasteiger partial charge in [-0.15, -0.1) is 0 Å². The molecule has 0 aliphatic rings. The Hall–Kier alpha value is -1.40. The van der Waals surface area contributed by atoms with E-state index in [2.05, 4.69) is 10.6 Å². The number of amides is 2. The molecule has 0 spiro atoms. The summed E-state index contributed by atoms with van der Waals surface area (Å²) in [6.45, 7) is -1.38.